The van der Waals surface area contributed by atoms with E-state index < -0.39 is 30.8 Å². The van der Waals surface area contributed by atoms with Crippen molar-refractivity contribution >= 4 is 11.5 Å². The largest absolute Gasteiger partial charge is 0.392 e. The molecule has 2 N–H and O–H groups in total. The summed E-state index contributed by atoms with van der Waals surface area (Å²) in [6.07, 6.45) is -0.231. The van der Waals surface area contributed by atoms with Crippen LogP contribution in [0.2, 0.25) is 0 Å². The van der Waals surface area contributed by atoms with E-state index >= 15 is 0 Å². The van der Waals surface area contributed by atoms with Gasteiger partial charge in [0.1, 0.15) is 12.5 Å². The van der Waals surface area contributed by atoms with Gasteiger partial charge in [0.25, 0.3) is 12.0 Å². The molecule has 2 aromatic carbocycles. The molecule has 0 spiro atoms. The van der Waals surface area contributed by atoms with E-state index in [9.17, 15) is 27.5 Å². The van der Waals surface area contributed by atoms with Crippen molar-refractivity contribution in [3.63, 3.8) is 0 Å². The van der Waals surface area contributed by atoms with Gasteiger partial charge in [-0.2, -0.15) is 8.78 Å². The fourth-order valence-corrected chi connectivity index (χ4v) is 3.46. The summed E-state index contributed by atoms with van der Waals surface area (Å²) < 4.78 is 52.8. The molecule has 0 saturated heterocycles. The molecule has 3 rings (SSSR count). The fourth-order valence-electron chi connectivity index (χ4n) is 3.46. The molecule has 0 aromatic heterocycles. The summed E-state index contributed by atoms with van der Waals surface area (Å²) in [4.78, 5) is 12.6. The Morgan fingerprint density at radius 2 is 1.86 bits per heavy atom. The summed E-state index contributed by atoms with van der Waals surface area (Å²) in [6, 6.07) is 6.74. The lowest BCUT2D eigenvalue weighted by atomic mass is 9.97. The van der Waals surface area contributed by atoms with Crippen molar-refractivity contribution in [1.82, 2.24) is 5.32 Å². The molecule has 0 aliphatic heterocycles. The number of benzene rings is 2. The average Bonchev–Trinajstić information content (AvgIpc) is 3.53. The minimum atomic E-state index is -2.18. The molecule has 1 fully saturated rings. The SMILES string of the molecule is Cc1c(F)ccc(CNC(=O)c2cc(CO)cc(C(CF)=C(F)F)c2)c1C1CC1. The van der Waals surface area contributed by atoms with E-state index in [1.165, 1.54) is 24.3 Å². The Morgan fingerprint density at radius 1 is 1.17 bits per heavy atom. The third-order valence-corrected chi connectivity index (χ3v) is 5.11. The van der Waals surface area contributed by atoms with Crippen LogP contribution in [0.15, 0.2) is 36.4 Å². The van der Waals surface area contributed by atoms with E-state index in [0.29, 0.717) is 5.56 Å². The molecule has 29 heavy (non-hydrogen) atoms. The van der Waals surface area contributed by atoms with Gasteiger partial charge in [-0.05, 0) is 77.8 Å². The van der Waals surface area contributed by atoms with Gasteiger partial charge in [-0.25, -0.2) is 8.78 Å². The molecule has 0 bridgehead atoms. The zero-order valence-electron chi connectivity index (χ0n) is 15.9. The second-order valence-electron chi connectivity index (χ2n) is 7.15. The maximum Gasteiger partial charge on any atom is 0.276 e. The normalized spacial score (nSPS) is 13.3. The van der Waals surface area contributed by atoms with E-state index in [1.54, 1.807) is 13.0 Å². The molecule has 7 heteroatoms. The van der Waals surface area contributed by atoms with Gasteiger partial charge in [0.15, 0.2) is 0 Å². The number of carbonyl (C=O) groups excluding carboxylic acids is 1. The van der Waals surface area contributed by atoms with Gasteiger partial charge in [0.2, 0.25) is 0 Å². The van der Waals surface area contributed by atoms with Gasteiger partial charge in [-0.3, -0.25) is 4.79 Å². The van der Waals surface area contributed by atoms with Crippen LogP contribution in [0.4, 0.5) is 17.6 Å². The van der Waals surface area contributed by atoms with Crippen molar-refractivity contribution in [2.45, 2.75) is 38.8 Å². The van der Waals surface area contributed by atoms with Crippen LogP contribution in [0.5, 0.6) is 0 Å². The Hall–Kier alpha value is -2.67. The van der Waals surface area contributed by atoms with Crippen LogP contribution >= 0.6 is 0 Å². The smallest absolute Gasteiger partial charge is 0.276 e. The molecule has 1 aliphatic carbocycles. The van der Waals surface area contributed by atoms with Crippen molar-refractivity contribution in [1.29, 1.82) is 0 Å². The maximum atomic E-state index is 13.9. The minimum absolute atomic E-state index is 0.0329. The Bertz CT molecular complexity index is 964. The van der Waals surface area contributed by atoms with Crippen molar-refractivity contribution in [3.8, 4) is 0 Å². The zero-order valence-corrected chi connectivity index (χ0v) is 15.9. The number of amides is 1. The van der Waals surface area contributed by atoms with Crippen LogP contribution in [0.1, 0.15) is 56.9 Å². The molecule has 0 unspecified atom stereocenters. The van der Waals surface area contributed by atoms with Crippen molar-refractivity contribution in [2.24, 2.45) is 0 Å². The second-order valence-corrected chi connectivity index (χ2v) is 7.15. The van der Waals surface area contributed by atoms with E-state index in [0.717, 1.165) is 24.0 Å². The third-order valence-electron chi connectivity index (χ3n) is 5.11. The lowest BCUT2D eigenvalue weighted by Crippen LogP contribution is -2.24. The van der Waals surface area contributed by atoms with Crippen molar-refractivity contribution in [3.05, 3.63) is 75.6 Å². The fraction of sp³-hybridized carbons (Fsp3) is 0.318. The molecule has 1 saturated carbocycles. The first kappa shape index (κ1) is 21.0. The predicted molar refractivity (Wildman–Crippen MR) is 102 cm³/mol. The number of aliphatic hydroxyl groups is 1. The molecule has 0 atom stereocenters. The summed E-state index contributed by atoms with van der Waals surface area (Å²) in [5.74, 6) is -0.560. The molecule has 0 heterocycles. The van der Waals surface area contributed by atoms with Gasteiger partial charge in [0, 0.05) is 12.1 Å². The Balaban J connectivity index is 1.85. The minimum Gasteiger partial charge on any atom is -0.392 e. The Morgan fingerprint density at radius 3 is 2.45 bits per heavy atom. The number of nitrogens with one attached hydrogen (secondary N) is 1. The zero-order chi connectivity index (χ0) is 21.1. The highest BCUT2D eigenvalue weighted by atomic mass is 19.3. The summed E-state index contributed by atoms with van der Waals surface area (Å²) in [5, 5.41) is 12.1. The number of hydrogen-bond acceptors (Lipinski definition) is 2. The van der Waals surface area contributed by atoms with Crippen molar-refractivity contribution in [2.75, 3.05) is 6.67 Å². The highest BCUT2D eigenvalue weighted by Crippen LogP contribution is 2.43. The van der Waals surface area contributed by atoms with Gasteiger partial charge in [-0.15, -0.1) is 0 Å². The summed E-state index contributed by atoms with van der Waals surface area (Å²) in [7, 11) is 0. The van der Waals surface area contributed by atoms with E-state index in [-0.39, 0.29) is 35.0 Å². The standard InChI is InChI=1S/C22H21F4NO2/c1-12-19(24)5-4-15(20(12)14-2-3-14)10-27-22(29)17-7-13(11-28)6-16(8-17)18(9-23)21(25)26/h4-8,14,28H,2-3,9-11H2,1H3,(H,27,29). The summed E-state index contributed by atoms with van der Waals surface area (Å²) in [6.45, 7) is -0.0160. The maximum absolute atomic E-state index is 13.9. The predicted octanol–water partition coefficient (Wildman–Crippen LogP) is 5.01. The van der Waals surface area contributed by atoms with Crippen LogP contribution in [-0.2, 0) is 13.2 Å². The van der Waals surface area contributed by atoms with Crippen molar-refractivity contribution < 1.29 is 27.5 Å². The molecule has 1 amide bonds. The lowest BCUT2D eigenvalue weighted by Gasteiger charge is -2.14. The van der Waals surface area contributed by atoms with Crippen LogP contribution in [0, 0.1) is 12.7 Å². The number of hydrogen-bond donors (Lipinski definition) is 2. The third kappa shape index (κ3) is 4.67. The average molecular weight is 407 g/mol. The van der Waals surface area contributed by atoms with Crippen LogP contribution in [-0.4, -0.2) is 17.7 Å². The molecule has 2 aromatic rings. The first-order valence-corrected chi connectivity index (χ1v) is 9.27. The van der Waals surface area contributed by atoms with E-state index in [1.807, 2.05) is 0 Å². The number of rotatable bonds is 7. The lowest BCUT2D eigenvalue weighted by molar-refractivity contribution is 0.0950. The van der Waals surface area contributed by atoms with Gasteiger partial charge in [0.05, 0.1) is 12.2 Å². The molecular formula is C22H21F4NO2. The number of carbonyl (C=O) groups is 1. The molecule has 154 valence electrons. The number of alkyl halides is 1. The van der Waals surface area contributed by atoms with Gasteiger partial charge in [-0.1, -0.05) is 6.07 Å². The summed E-state index contributed by atoms with van der Waals surface area (Å²) in [5.41, 5.74) is 1.55. The Labute approximate surface area is 166 Å². The quantitative estimate of drug-likeness (QED) is 0.634. The molecule has 3 nitrogen and oxygen atoms in total. The topological polar surface area (TPSA) is 49.3 Å². The highest BCUT2D eigenvalue weighted by molar-refractivity contribution is 5.95. The number of halogens is 4. The molecule has 1 aliphatic rings. The number of allylic oxidation sites excluding steroid dienone is 1. The second kappa shape index (κ2) is 8.78. The summed E-state index contributed by atoms with van der Waals surface area (Å²) >= 11 is 0. The monoisotopic (exact) mass is 407 g/mol. The first-order chi connectivity index (χ1) is 13.8. The Kier molecular flexibility index (Phi) is 6.37. The molecular weight excluding hydrogens is 386 g/mol. The van der Waals surface area contributed by atoms with E-state index in [2.05, 4.69) is 5.32 Å². The van der Waals surface area contributed by atoms with Gasteiger partial charge < -0.3 is 10.4 Å². The molecule has 0 radical (unpaired) electrons. The van der Waals surface area contributed by atoms with Crippen LogP contribution < -0.4 is 5.32 Å². The van der Waals surface area contributed by atoms with E-state index in [4.69, 9.17) is 0 Å². The van der Waals surface area contributed by atoms with Crippen LogP contribution in [0.25, 0.3) is 5.57 Å². The highest BCUT2D eigenvalue weighted by Gasteiger charge is 2.28. The van der Waals surface area contributed by atoms with Gasteiger partial charge >= 0.3 is 0 Å². The van der Waals surface area contributed by atoms with Crippen LogP contribution in [0.3, 0.4) is 0 Å². The first-order valence-electron chi connectivity index (χ1n) is 9.27. The number of aliphatic hydroxyl groups excluding tert-OH is 1.